The molecule has 2 heterocycles. The molecule has 2 aromatic heterocycles. The highest BCUT2D eigenvalue weighted by Gasteiger charge is 2.11. The van der Waals surface area contributed by atoms with Crippen molar-refractivity contribution in [1.82, 2.24) is 4.98 Å². The fraction of sp³-hybridized carbons (Fsp3) is 0.0435. The Balaban J connectivity index is 1.66. The van der Waals surface area contributed by atoms with E-state index in [1.165, 1.54) is 0 Å². The van der Waals surface area contributed by atoms with Gasteiger partial charge in [-0.3, -0.25) is 0 Å². The molecule has 0 fully saturated rings. The Morgan fingerprint density at radius 3 is 2.59 bits per heavy atom. The van der Waals surface area contributed by atoms with Crippen LogP contribution in [0.2, 0.25) is 10.0 Å². The van der Waals surface area contributed by atoms with Crippen molar-refractivity contribution >= 4 is 52.2 Å². The van der Waals surface area contributed by atoms with Crippen molar-refractivity contribution in [1.29, 1.82) is 0 Å². The molecule has 2 aromatic carbocycles. The van der Waals surface area contributed by atoms with Gasteiger partial charge in [-0.05, 0) is 67.6 Å². The Kier molecular flexibility index (Phi) is 5.14. The van der Waals surface area contributed by atoms with Crippen LogP contribution >= 0.6 is 23.2 Å². The van der Waals surface area contributed by atoms with E-state index in [1.807, 2.05) is 43.3 Å². The van der Waals surface area contributed by atoms with Crippen LogP contribution in [0.5, 0.6) is 0 Å². The summed E-state index contributed by atoms with van der Waals surface area (Å²) in [4.78, 5) is 16.2. The van der Waals surface area contributed by atoms with Crippen molar-refractivity contribution in [2.45, 2.75) is 6.92 Å². The molecule has 4 aromatic rings. The quantitative estimate of drug-likeness (QED) is 0.384. The van der Waals surface area contributed by atoms with Gasteiger partial charge in [0.05, 0.1) is 26.8 Å². The van der Waals surface area contributed by atoms with Gasteiger partial charge in [0.15, 0.2) is 0 Å². The van der Waals surface area contributed by atoms with Crippen LogP contribution in [0.4, 0.5) is 0 Å². The van der Waals surface area contributed by atoms with Crippen LogP contribution in [0.3, 0.4) is 0 Å². The van der Waals surface area contributed by atoms with E-state index < -0.39 is 5.97 Å². The van der Waals surface area contributed by atoms with Gasteiger partial charge in [0.25, 0.3) is 0 Å². The summed E-state index contributed by atoms with van der Waals surface area (Å²) in [6.45, 7) is 1.92. The van der Waals surface area contributed by atoms with Gasteiger partial charge in [0.1, 0.15) is 11.5 Å². The zero-order valence-electron chi connectivity index (χ0n) is 15.3. The van der Waals surface area contributed by atoms with Gasteiger partial charge < -0.3 is 9.52 Å². The molecule has 0 atom stereocenters. The number of halogens is 2. The third-order valence-electron chi connectivity index (χ3n) is 4.46. The van der Waals surface area contributed by atoms with E-state index in [0.29, 0.717) is 38.2 Å². The molecule has 1 N–H and O–H groups in total. The van der Waals surface area contributed by atoms with Crippen LogP contribution in [-0.2, 0) is 0 Å². The summed E-state index contributed by atoms with van der Waals surface area (Å²) >= 11 is 12.0. The number of fused-ring (bicyclic) bond motifs is 1. The fourth-order valence-corrected chi connectivity index (χ4v) is 3.33. The SMILES string of the molecule is Cc1ccc2nc(/C=C/c3ccc(-c4ccc(Cl)c(Cl)c4)o3)cc(C(=O)O)c2c1. The van der Waals surface area contributed by atoms with Crippen LogP contribution < -0.4 is 0 Å². The molecule has 6 heteroatoms. The molecular formula is C23H15Cl2NO3. The minimum absolute atomic E-state index is 0.217. The number of furan rings is 1. The Labute approximate surface area is 177 Å². The number of carboxylic acids is 1. The van der Waals surface area contributed by atoms with E-state index in [-0.39, 0.29) is 5.56 Å². The summed E-state index contributed by atoms with van der Waals surface area (Å²) in [5.41, 5.74) is 3.17. The number of hydrogen-bond acceptors (Lipinski definition) is 3. The van der Waals surface area contributed by atoms with E-state index in [0.717, 1.165) is 11.1 Å². The van der Waals surface area contributed by atoms with Crippen LogP contribution in [0.1, 0.15) is 27.4 Å². The lowest BCUT2D eigenvalue weighted by atomic mass is 10.1. The summed E-state index contributed by atoms with van der Waals surface area (Å²) in [6, 6.07) is 16.0. The Bertz CT molecular complexity index is 1270. The van der Waals surface area contributed by atoms with Crippen molar-refractivity contribution in [3.63, 3.8) is 0 Å². The number of hydrogen-bond donors (Lipinski definition) is 1. The highest BCUT2D eigenvalue weighted by molar-refractivity contribution is 6.42. The highest BCUT2D eigenvalue weighted by Crippen LogP contribution is 2.30. The second-order valence-corrected chi connectivity index (χ2v) is 7.40. The van der Waals surface area contributed by atoms with Crippen molar-refractivity contribution in [2.75, 3.05) is 0 Å². The molecule has 0 amide bonds. The topological polar surface area (TPSA) is 63.3 Å². The predicted octanol–water partition coefficient (Wildman–Crippen LogP) is 6.98. The summed E-state index contributed by atoms with van der Waals surface area (Å²) in [5.74, 6) is 0.266. The number of carbonyl (C=O) groups is 1. The molecule has 144 valence electrons. The second kappa shape index (κ2) is 7.74. The van der Waals surface area contributed by atoms with Gasteiger partial charge in [-0.15, -0.1) is 0 Å². The molecule has 29 heavy (non-hydrogen) atoms. The smallest absolute Gasteiger partial charge is 0.336 e. The maximum Gasteiger partial charge on any atom is 0.336 e. The summed E-state index contributed by atoms with van der Waals surface area (Å²) in [6.07, 6.45) is 3.47. The van der Waals surface area contributed by atoms with Crippen molar-refractivity contribution in [2.24, 2.45) is 0 Å². The average molecular weight is 424 g/mol. The maximum absolute atomic E-state index is 11.7. The first kappa shape index (κ1) is 19.2. The highest BCUT2D eigenvalue weighted by atomic mass is 35.5. The van der Waals surface area contributed by atoms with E-state index in [1.54, 1.807) is 30.4 Å². The standard InChI is InChI=1S/C23H15Cl2NO3/c1-13-2-8-21-17(10-13)18(23(27)28)12-15(26-21)4-5-16-6-9-22(29-16)14-3-7-19(24)20(25)11-14/h2-12H,1H3,(H,27,28)/b5-4+. The Morgan fingerprint density at radius 2 is 1.83 bits per heavy atom. The van der Waals surface area contributed by atoms with Crippen LogP contribution in [0.25, 0.3) is 34.4 Å². The monoisotopic (exact) mass is 423 g/mol. The van der Waals surface area contributed by atoms with Crippen molar-refractivity contribution < 1.29 is 14.3 Å². The van der Waals surface area contributed by atoms with Gasteiger partial charge in [-0.25, -0.2) is 9.78 Å². The molecule has 0 bridgehead atoms. The van der Waals surface area contributed by atoms with Gasteiger partial charge in [0, 0.05) is 10.9 Å². The molecule has 0 aliphatic rings. The van der Waals surface area contributed by atoms with Crippen LogP contribution in [0, 0.1) is 6.92 Å². The van der Waals surface area contributed by atoms with Crippen molar-refractivity contribution in [3.05, 3.63) is 87.2 Å². The normalized spacial score (nSPS) is 11.4. The predicted molar refractivity (Wildman–Crippen MR) is 117 cm³/mol. The number of aromatic nitrogens is 1. The lowest BCUT2D eigenvalue weighted by molar-refractivity contribution is 0.0699. The van der Waals surface area contributed by atoms with E-state index in [9.17, 15) is 9.90 Å². The van der Waals surface area contributed by atoms with Gasteiger partial charge in [0.2, 0.25) is 0 Å². The number of aromatic carboxylic acids is 1. The molecular weight excluding hydrogens is 409 g/mol. The molecule has 0 aliphatic carbocycles. The minimum atomic E-state index is -0.988. The van der Waals surface area contributed by atoms with Gasteiger partial charge in [-0.1, -0.05) is 34.8 Å². The lowest BCUT2D eigenvalue weighted by Crippen LogP contribution is -2.00. The largest absolute Gasteiger partial charge is 0.478 e. The number of aryl methyl sites for hydroxylation is 1. The third kappa shape index (κ3) is 4.04. The first-order valence-electron chi connectivity index (χ1n) is 8.79. The van der Waals surface area contributed by atoms with Gasteiger partial charge in [-0.2, -0.15) is 0 Å². The van der Waals surface area contributed by atoms with E-state index >= 15 is 0 Å². The molecule has 0 unspecified atom stereocenters. The average Bonchev–Trinajstić information content (AvgIpc) is 3.17. The minimum Gasteiger partial charge on any atom is -0.478 e. The maximum atomic E-state index is 11.7. The first-order chi connectivity index (χ1) is 13.9. The molecule has 0 saturated heterocycles. The number of benzene rings is 2. The molecule has 0 aliphatic heterocycles. The summed E-state index contributed by atoms with van der Waals surface area (Å²) < 4.78 is 5.83. The second-order valence-electron chi connectivity index (χ2n) is 6.58. The number of pyridine rings is 1. The molecule has 4 rings (SSSR count). The number of rotatable bonds is 4. The van der Waals surface area contributed by atoms with Crippen LogP contribution in [-0.4, -0.2) is 16.1 Å². The lowest BCUT2D eigenvalue weighted by Gasteiger charge is -2.05. The Hall–Kier alpha value is -3.08. The summed E-state index contributed by atoms with van der Waals surface area (Å²) in [5, 5.41) is 11.1. The molecule has 0 saturated carbocycles. The number of nitrogens with zero attached hydrogens (tertiary/aromatic N) is 1. The zero-order valence-corrected chi connectivity index (χ0v) is 16.8. The number of carboxylic acid groups (broad SMARTS) is 1. The molecule has 0 radical (unpaired) electrons. The van der Waals surface area contributed by atoms with Crippen LogP contribution in [0.15, 0.2) is 59.0 Å². The first-order valence-corrected chi connectivity index (χ1v) is 9.54. The molecule has 0 spiro atoms. The van der Waals surface area contributed by atoms with E-state index in [4.69, 9.17) is 27.6 Å². The third-order valence-corrected chi connectivity index (χ3v) is 5.20. The zero-order chi connectivity index (χ0) is 20.5. The summed E-state index contributed by atoms with van der Waals surface area (Å²) in [7, 11) is 0. The Morgan fingerprint density at radius 1 is 1.00 bits per heavy atom. The molecule has 4 nitrogen and oxygen atoms in total. The fourth-order valence-electron chi connectivity index (χ4n) is 3.04. The van der Waals surface area contributed by atoms with E-state index in [2.05, 4.69) is 4.98 Å². The van der Waals surface area contributed by atoms with Gasteiger partial charge >= 0.3 is 5.97 Å². The van der Waals surface area contributed by atoms with Crippen molar-refractivity contribution in [3.8, 4) is 11.3 Å².